The molecule has 2 aromatic rings. The zero-order chi connectivity index (χ0) is 14.7. The van der Waals surface area contributed by atoms with Gasteiger partial charge in [0.2, 0.25) is 0 Å². The van der Waals surface area contributed by atoms with E-state index < -0.39 is 11.6 Å². The van der Waals surface area contributed by atoms with E-state index in [1.54, 1.807) is 0 Å². The van der Waals surface area contributed by atoms with Crippen molar-refractivity contribution >= 4 is 31.9 Å². The molecule has 2 rings (SSSR count). The van der Waals surface area contributed by atoms with Crippen LogP contribution in [0, 0.1) is 11.6 Å². The monoisotopic (exact) mass is 403 g/mol. The normalized spacial score (nSPS) is 12.4. The third-order valence-electron chi connectivity index (χ3n) is 2.94. The highest BCUT2D eigenvalue weighted by Crippen LogP contribution is 2.29. The van der Waals surface area contributed by atoms with Gasteiger partial charge in [-0.15, -0.1) is 0 Å². The van der Waals surface area contributed by atoms with Crippen LogP contribution in [0.5, 0.6) is 0 Å². The van der Waals surface area contributed by atoms with Crippen LogP contribution in [0.4, 0.5) is 8.78 Å². The van der Waals surface area contributed by atoms with E-state index >= 15 is 0 Å². The maximum atomic E-state index is 14.1. The summed E-state index contributed by atoms with van der Waals surface area (Å²) < 4.78 is 28.9. The van der Waals surface area contributed by atoms with Crippen LogP contribution in [-0.2, 0) is 0 Å². The number of hydrogen-bond acceptors (Lipinski definition) is 1. The molecule has 0 fully saturated rings. The largest absolute Gasteiger partial charge is 0.306 e. The molecule has 2 aromatic carbocycles. The van der Waals surface area contributed by atoms with Gasteiger partial charge in [0, 0.05) is 10.0 Å². The Bertz CT molecular complexity index is 617. The van der Waals surface area contributed by atoms with Crippen molar-refractivity contribution in [1.82, 2.24) is 5.32 Å². The summed E-state index contributed by atoms with van der Waals surface area (Å²) in [5, 5.41) is 3.19. The fourth-order valence-electron chi connectivity index (χ4n) is 2.06. The van der Waals surface area contributed by atoms with Crippen LogP contribution < -0.4 is 5.32 Å². The van der Waals surface area contributed by atoms with Crippen molar-refractivity contribution in [3.8, 4) is 0 Å². The Morgan fingerprint density at radius 2 is 1.85 bits per heavy atom. The van der Waals surface area contributed by atoms with Gasteiger partial charge in [0.15, 0.2) is 0 Å². The number of halogens is 4. The van der Waals surface area contributed by atoms with Gasteiger partial charge in [-0.05, 0) is 52.3 Å². The minimum absolute atomic E-state index is 0.128. The summed E-state index contributed by atoms with van der Waals surface area (Å²) in [7, 11) is 0. The maximum Gasteiger partial charge on any atom is 0.137 e. The van der Waals surface area contributed by atoms with Gasteiger partial charge in [-0.25, -0.2) is 8.78 Å². The summed E-state index contributed by atoms with van der Waals surface area (Å²) in [6.45, 7) is 2.58. The molecule has 0 aliphatic rings. The Morgan fingerprint density at radius 3 is 2.50 bits per heavy atom. The average molecular weight is 405 g/mol. The lowest BCUT2D eigenvalue weighted by Crippen LogP contribution is -2.23. The first-order chi connectivity index (χ1) is 9.52. The van der Waals surface area contributed by atoms with Gasteiger partial charge >= 0.3 is 0 Å². The second-order valence-corrected chi connectivity index (χ2v) is 6.10. The SMILES string of the molecule is CCNC(c1cccc(Br)c1)c1cc(F)c(Br)cc1F. The summed E-state index contributed by atoms with van der Waals surface area (Å²) in [5.74, 6) is -0.913. The fourth-order valence-corrected chi connectivity index (χ4v) is 2.79. The molecular formula is C15H13Br2F2N. The fraction of sp³-hybridized carbons (Fsp3) is 0.200. The summed E-state index contributed by atoms with van der Waals surface area (Å²) in [4.78, 5) is 0. The second kappa shape index (κ2) is 6.78. The number of benzene rings is 2. The quantitative estimate of drug-likeness (QED) is 0.691. The van der Waals surface area contributed by atoms with E-state index in [9.17, 15) is 8.78 Å². The molecular weight excluding hydrogens is 392 g/mol. The maximum absolute atomic E-state index is 14.1. The smallest absolute Gasteiger partial charge is 0.137 e. The minimum atomic E-state index is -0.473. The van der Waals surface area contributed by atoms with E-state index in [0.29, 0.717) is 12.1 Å². The highest BCUT2D eigenvalue weighted by Gasteiger charge is 2.19. The molecule has 0 saturated heterocycles. The molecule has 0 radical (unpaired) electrons. The third kappa shape index (κ3) is 3.45. The molecule has 1 atom stereocenters. The number of nitrogens with one attached hydrogen (secondary N) is 1. The molecule has 0 aliphatic carbocycles. The zero-order valence-electron chi connectivity index (χ0n) is 10.8. The predicted octanol–water partition coefficient (Wildman–Crippen LogP) is 5.19. The molecule has 1 N–H and O–H groups in total. The molecule has 0 bridgehead atoms. The van der Waals surface area contributed by atoms with Crippen molar-refractivity contribution in [3.63, 3.8) is 0 Å². The van der Waals surface area contributed by atoms with Crippen LogP contribution in [0.25, 0.3) is 0 Å². The summed E-state index contributed by atoms with van der Waals surface area (Å²) in [5.41, 5.74) is 1.17. The van der Waals surface area contributed by atoms with Crippen molar-refractivity contribution in [1.29, 1.82) is 0 Å². The lowest BCUT2D eigenvalue weighted by atomic mass is 9.98. The van der Waals surface area contributed by atoms with Crippen LogP contribution in [-0.4, -0.2) is 6.54 Å². The van der Waals surface area contributed by atoms with Gasteiger partial charge in [0.05, 0.1) is 10.5 Å². The predicted molar refractivity (Wildman–Crippen MR) is 83.7 cm³/mol. The molecule has 0 heterocycles. The lowest BCUT2D eigenvalue weighted by Gasteiger charge is -2.20. The number of hydrogen-bond donors (Lipinski definition) is 1. The van der Waals surface area contributed by atoms with E-state index in [1.165, 1.54) is 6.07 Å². The Morgan fingerprint density at radius 1 is 1.10 bits per heavy atom. The van der Waals surface area contributed by atoms with Gasteiger partial charge in [-0.1, -0.05) is 35.0 Å². The van der Waals surface area contributed by atoms with Gasteiger partial charge < -0.3 is 5.32 Å². The molecule has 1 nitrogen and oxygen atoms in total. The van der Waals surface area contributed by atoms with Gasteiger partial charge in [0.1, 0.15) is 11.6 Å². The molecule has 0 saturated carbocycles. The minimum Gasteiger partial charge on any atom is -0.306 e. The van der Waals surface area contributed by atoms with Gasteiger partial charge in [-0.3, -0.25) is 0 Å². The van der Waals surface area contributed by atoms with E-state index in [-0.39, 0.29) is 10.5 Å². The highest BCUT2D eigenvalue weighted by molar-refractivity contribution is 9.10. The summed E-state index contributed by atoms with van der Waals surface area (Å²) >= 11 is 6.39. The van der Waals surface area contributed by atoms with Gasteiger partial charge in [0.25, 0.3) is 0 Å². The standard InChI is InChI=1S/C15H13Br2F2N/c1-2-20-15(9-4-3-5-10(16)6-9)11-7-14(19)12(17)8-13(11)18/h3-8,15,20H,2H2,1H3. The zero-order valence-corrected chi connectivity index (χ0v) is 13.9. The highest BCUT2D eigenvalue weighted by atomic mass is 79.9. The van der Waals surface area contributed by atoms with E-state index in [1.807, 2.05) is 31.2 Å². The first kappa shape index (κ1) is 15.6. The molecule has 0 spiro atoms. The van der Waals surface area contributed by atoms with Crippen molar-refractivity contribution in [2.75, 3.05) is 6.54 Å². The van der Waals surface area contributed by atoms with Crippen molar-refractivity contribution in [2.45, 2.75) is 13.0 Å². The van der Waals surface area contributed by atoms with Crippen LogP contribution in [0.3, 0.4) is 0 Å². The van der Waals surface area contributed by atoms with Crippen LogP contribution in [0.2, 0.25) is 0 Å². The Balaban J connectivity index is 2.51. The molecule has 1 unspecified atom stereocenters. The van der Waals surface area contributed by atoms with Crippen molar-refractivity contribution in [3.05, 3.63) is 68.1 Å². The Labute approximate surface area is 133 Å². The molecule has 5 heteroatoms. The van der Waals surface area contributed by atoms with Crippen LogP contribution >= 0.6 is 31.9 Å². The number of rotatable bonds is 4. The molecule has 0 aliphatic heterocycles. The first-order valence-electron chi connectivity index (χ1n) is 6.16. The molecule has 0 amide bonds. The Kier molecular flexibility index (Phi) is 5.29. The lowest BCUT2D eigenvalue weighted by molar-refractivity contribution is 0.542. The second-order valence-electron chi connectivity index (χ2n) is 4.33. The van der Waals surface area contributed by atoms with E-state index in [0.717, 1.165) is 16.1 Å². The van der Waals surface area contributed by atoms with Crippen LogP contribution in [0.1, 0.15) is 24.1 Å². The first-order valence-corrected chi connectivity index (χ1v) is 7.74. The van der Waals surface area contributed by atoms with Crippen LogP contribution in [0.15, 0.2) is 45.3 Å². The van der Waals surface area contributed by atoms with Gasteiger partial charge in [-0.2, -0.15) is 0 Å². The topological polar surface area (TPSA) is 12.0 Å². The average Bonchev–Trinajstić information content (AvgIpc) is 2.40. The summed E-state index contributed by atoms with van der Waals surface area (Å²) in [6, 6.07) is 9.55. The Hall–Kier alpha value is -0.780. The third-order valence-corrected chi connectivity index (χ3v) is 4.04. The van der Waals surface area contributed by atoms with E-state index in [4.69, 9.17) is 0 Å². The van der Waals surface area contributed by atoms with Crippen molar-refractivity contribution in [2.24, 2.45) is 0 Å². The van der Waals surface area contributed by atoms with Crippen molar-refractivity contribution < 1.29 is 8.78 Å². The summed E-state index contributed by atoms with van der Waals surface area (Å²) in [6.07, 6.45) is 0. The molecule has 20 heavy (non-hydrogen) atoms. The molecule has 106 valence electrons. The van der Waals surface area contributed by atoms with E-state index in [2.05, 4.69) is 37.2 Å². The molecule has 0 aromatic heterocycles.